The Bertz CT molecular complexity index is 697. The SMILES string of the molecule is CCCNCCNC(=O)CN1C(=O)NC2(CCc3ccccc32)C1=O.Cl. The molecule has 1 saturated heterocycles. The molecule has 1 aliphatic carbocycles. The van der Waals surface area contributed by atoms with Gasteiger partial charge in [-0.15, -0.1) is 12.4 Å². The van der Waals surface area contributed by atoms with E-state index >= 15 is 0 Å². The van der Waals surface area contributed by atoms with Gasteiger partial charge in [0.25, 0.3) is 5.91 Å². The first-order chi connectivity index (χ1) is 12.1. The van der Waals surface area contributed by atoms with Crippen molar-refractivity contribution in [2.75, 3.05) is 26.2 Å². The molecule has 1 fully saturated rings. The summed E-state index contributed by atoms with van der Waals surface area (Å²) in [4.78, 5) is 38.3. The molecule has 1 spiro atoms. The predicted molar refractivity (Wildman–Crippen MR) is 100 cm³/mol. The second-order valence-electron chi connectivity index (χ2n) is 6.48. The highest BCUT2D eigenvalue weighted by atomic mass is 35.5. The van der Waals surface area contributed by atoms with E-state index in [1.54, 1.807) is 0 Å². The van der Waals surface area contributed by atoms with Gasteiger partial charge in [0, 0.05) is 13.1 Å². The van der Waals surface area contributed by atoms with E-state index in [9.17, 15) is 14.4 Å². The molecule has 1 aromatic carbocycles. The van der Waals surface area contributed by atoms with Gasteiger partial charge >= 0.3 is 6.03 Å². The van der Waals surface area contributed by atoms with E-state index in [4.69, 9.17) is 0 Å². The van der Waals surface area contributed by atoms with Gasteiger partial charge in [-0.25, -0.2) is 4.79 Å². The van der Waals surface area contributed by atoms with Crippen molar-refractivity contribution < 1.29 is 14.4 Å². The van der Waals surface area contributed by atoms with Crippen molar-refractivity contribution >= 4 is 30.3 Å². The number of amides is 4. The summed E-state index contributed by atoms with van der Waals surface area (Å²) in [6.45, 7) is 3.85. The molecule has 0 aromatic heterocycles. The van der Waals surface area contributed by atoms with Gasteiger partial charge in [-0.05, 0) is 36.9 Å². The Labute approximate surface area is 159 Å². The highest BCUT2D eigenvalue weighted by Gasteiger charge is 2.55. The third-order valence-corrected chi connectivity index (χ3v) is 4.77. The van der Waals surface area contributed by atoms with E-state index in [0.717, 1.165) is 35.4 Å². The standard InChI is InChI=1S/C18H24N4O3.ClH/c1-2-9-19-10-11-20-15(23)12-22-16(24)18(21-17(22)25)8-7-13-5-3-4-6-14(13)18;/h3-6,19H,2,7-12H2,1H3,(H,20,23)(H,21,25);1H. The lowest BCUT2D eigenvalue weighted by Crippen LogP contribution is -2.44. The number of hydrogen-bond acceptors (Lipinski definition) is 4. The summed E-state index contributed by atoms with van der Waals surface area (Å²) in [5.74, 6) is -0.660. The molecule has 142 valence electrons. The van der Waals surface area contributed by atoms with Gasteiger partial charge in [-0.1, -0.05) is 31.2 Å². The smallest absolute Gasteiger partial charge is 0.325 e. The zero-order valence-corrected chi connectivity index (χ0v) is 15.7. The molecular weight excluding hydrogens is 356 g/mol. The molecular formula is C18H25ClN4O3. The maximum Gasteiger partial charge on any atom is 0.325 e. The van der Waals surface area contributed by atoms with Gasteiger partial charge in [0.2, 0.25) is 5.91 Å². The number of halogens is 1. The Hall–Kier alpha value is -2.12. The predicted octanol–water partition coefficient (Wildman–Crippen LogP) is 0.918. The Morgan fingerprint density at radius 2 is 2.00 bits per heavy atom. The molecule has 0 bridgehead atoms. The number of benzene rings is 1. The molecule has 1 heterocycles. The fourth-order valence-electron chi connectivity index (χ4n) is 3.52. The van der Waals surface area contributed by atoms with Crippen molar-refractivity contribution in [3.8, 4) is 0 Å². The van der Waals surface area contributed by atoms with Crippen molar-refractivity contribution in [2.45, 2.75) is 31.7 Å². The van der Waals surface area contributed by atoms with Crippen LogP contribution in [0.3, 0.4) is 0 Å². The normalized spacial score (nSPS) is 20.7. The molecule has 4 amide bonds. The first kappa shape index (κ1) is 20.2. The van der Waals surface area contributed by atoms with Crippen molar-refractivity contribution in [2.24, 2.45) is 0 Å². The van der Waals surface area contributed by atoms with Gasteiger partial charge < -0.3 is 16.0 Å². The number of carbonyl (C=O) groups excluding carboxylic acids is 3. The van der Waals surface area contributed by atoms with E-state index in [1.807, 2.05) is 24.3 Å². The van der Waals surface area contributed by atoms with Crippen molar-refractivity contribution in [3.63, 3.8) is 0 Å². The summed E-state index contributed by atoms with van der Waals surface area (Å²) in [5.41, 5.74) is 0.917. The molecule has 8 heteroatoms. The minimum Gasteiger partial charge on any atom is -0.353 e. The van der Waals surface area contributed by atoms with Crippen LogP contribution in [0.1, 0.15) is 30.9 Å². The molecule has 1 aliphatic heterocycles. The van der Waals surface area contributed by atoms with Crippen LogP contribution in [0.15, 0.2) is 24.3 Å². The molecule has 3 rings (SSSR count). The maximum absolute atomic E-state index is 12.9. The third-order valence-electron chi connectivity index (χ3n) is 4.77. The van der Waals surface area contributed by atoms with E-state index in [1.165, 1.54) is 0 Å². The monoisotopic (exact) mass is 380 g/mol. The number of aryl methyl sites for hydroxylation is 1. The Morgan fingerprint density at radius 3 is 2.77 bits per heavy atom. The minimum atomic E-state index is -1.00. The molecule has 3 N–H and O–H groups in total. The highest BCUT2D eigenvalue weighted by molar-refractivity contribution is 6.09. The van der Waals surface area contributed by atoms with Crippen molar-refractivity contribution in [1.29, 1.82) is 0 Å². The first-order valence-electron chi connectivity index (χ1n) is 8.78. The van der Waals surface area contributed by atoms with Crippen LogP contribution in [0.2, 0.25) is 0 Å². The fraction of sp³-hybridized carbons (Fsp3) is 0.500. The first-order valence-corrected chi connectivity index (χ1v) is 8.78. The van der Waals surface area contributed by atoms with Crippen LogP contribution in [-0.2, 0) is 21.5 Å². The second-order valence-corrected chi connectivity index (χ2v) is 6.48. The van der Waals surface area contributed by atoms with Gasteiger partial charge in [0.05, 0.1) is 0 Å². The van der Waals surface area contributed by atoms with Gasteiger partial charge in [0.15, 0.2) is 0 Å². The number of urea groups is 1. The van der Waals surface area contributed by atoms with Gasteiger partial charge in [-0.3, -0.25) is 14.5 Å². The van der Waals surface area contributed by atoms with Crippen LogP contribution in [0.4, 0.5) is 4.79 Å². The number of rotatable bonds is 7. The van der Waals surface area contributed by atoms with E-state index < -0.39 is 11.6 Å². The summed E-state index contributed by atoms with van der Waals surface area (Å²) in [6, 6.07) is 7.15. The molecule has 1 unspecified atom stereocenters. The Kier molecular flexibility index (Phi) is 6.61. The molecule has 7 nitrogen and oxygen atoms in total. The van der Waals surface area contributed by atoms with E-state index in [2.05, 4.69) is 22.9 Å². The summed E-state index contributed by atoms with van der Waals surface area (Å²) >= 11 is 0. The zero-order chi connectivity index (χ0) is 17.9. The van der Waals surface area contributed by atoms with Crippen LogP contribution in [0, 0.1) is 0 Å². The summed E-state index contributed by atoms with van der Waals surface area (Å²) in [6.07, 6.45) is 2.31. The van der Waals surface area contributed by atoms with E-state index in [-0.39, 0.29) is 30.8 Å². The quantitative estimate of drug-likeness (QED) is 0.484. The molecule has 1 aromatic rings. The lowest BCUT2D eigenvalue weighted by molar-refractivity contribution is -0.135. The summed E-state index contributed by atoms with van der Waals surface area (Å²) in [5, 5.41) is 8.73. The lowest BCUT2D eigenvalue weighted by atomic mass is 9.92. The largest absolute Gasteiger partial charge is 0.353 e. The average molecular weight is 381 g/mol. The fourth-order valence-corrected chi connectivity index (χ4v) is 3.52. The average Bonchev–Trinajstić information content (AvgIpc) is 3.09. The molecule has 1 atom stereocenters. The van der Waals surface area contributed by atoms with Crippen molar-refractivity contribution in [3.05, 3.63) is 35.4 Å². The van der Waals surface area contributed by atoms with Crippen molar-refractivity contribution in [1.82, 2.24) is 20.9 Å². The topological polar surface area (TPSA) is 90.5 Å². The lowest BCUT2D eigenvalue weighted by Gasteiger charge is -2.22. The Morgan fingerprint density at radius 1 is 1.23 bits per heavy atom. The van der Waals surface area contributed by atoms with Crippen LogP contribution in [0.25, 0.3) is 0 Å². The van der Waals surface area contributed by atoms with Gasteiger partial charge in [0.1, 0.15) is 12.1 Å². The van der Waals surface area contributed by atoms with E-state index in [0.29, 0.717) is 19.5 Å². The molecule has 26 heavy (non-hydrogen) atoms. The zero-order valence-electron chi connectivity index (χ0n) is 14.8. The molecule has 0 radical (unpaired) electrons. The number of nitrogens with zero attached hydrogens (tertiary/aromatic N) is 1. The molecule has 0 saturated carbocycles. The number of imide groups is 1. The van der Waals surface area contributed by atoms with Crippen LogP contribution < -0.4 is 16.0 Å². The van der Waals surface area contributed by atoms with Crippen LogP contribution >= 0.6 is 12.4 Å². The number of fused-ring (bicyclic) bond motifs is 2. The van der Waals surface area contributed by atoms with Crippen LogP contribution in [0.5, 0.6) is 0 Å². The maximum atomic E-state index is 12.9. The number of carbonyl (C=O) groups is 3. The van der Waals surface area contributed by atoms with Crippen LogP contribution in [-0.4, -0.2) is 48.9 Å². The summed E-state index contributed by atoms with van der Waals surface area (Å²) in [7, 11) is 0. The minimum absolute atomic E-state index is 0. The Balaban J connectivity index is 0.00000243. The number of nitrogens with one attached hydrogen (secondary N) is 3. The van der Waals surface area contributed by atoms with Gasteiger partial charge in [-0.2, -0.15) is 0 Å². The third kappa shape index (κ3) is 3.68. The summed E-state index contributed by atoms with van der Waals surface area (Å²) < 4.78 is 0. The number of hydrogen-bond donors (Lipinski definition) is 3. The second kappa shape index (κ2) is 8.51. The molecule has 2 aliphatic rings. The highest BCUT2D eigenvalue weighted by Crippen LogP contribution is 2.41.